The molecule has 0 aromatic heterocycles. The molecule has 0 aromatic rings. The first-order chi connectivity index (χ1) is 5.43. The lowest BCUT2D eigenvalue weighted by Gasteiger charge is -2.13. The van der Waals surface area contributed by atoms with Crippen LogP contribution < -0.4 is 0 Å². The standard InChI is InChI=1S/C10H19O/c1-2-3-7-10-8-5-4-6-9-11-10/h10H,1-9H2. The van der Waals surface area contributed by atoms with Gasteiger partial charge in [0, 0.05) is 6.61 Å². The van der Waals surface area contributed by atoms with E-state index in [0.717, 1.165) is 13.0 Å². The van der Waals surface area contributed by atoms with Gasteiger partial charge in [0.05, 0.1) is 6.10 Å². The van der Waals surface area contributed by atoms with Crippen LogP contribution in [0.5, 0.6) is 0 Å². The zero-order valence-corrected chi connectivity index (χ0v) is 7.35. The third-order valence-electron chi connectivity index (χ3n) is 2.30. The fraction of sp³-hybridized carbons (Fsp3) is 0.900. The number of hydrogen-bond acceptors (Lipinski definition) is 1. The summed E-state index contributed by atoms with van der Waals surface area (Å²) in [5.41, 5.74) is 0. The van der Waals surface area contributed by atoms with E-state index in [1.165, 1.54) is 38.5 Å². The fourth-order valence-corrected chi connectivity index (χ4v) is 1.58. The van der Waals surface area contributed by atoms with Crippen LogP contribution in [0, 0.1) is 6.92 Å². The van der Waals surface area contributed by atoms with Crippen LogP contribution in [-0.4, -0.2) is 12.7 Å². The molecule has 11 heavy (non-hydrogen) atoms. The van der Waals surface area contributed by atoms with Crippen molar-refractivity contribution in [3.63, 3.8) is 0 Å². The summed E-state index contributed by atoms with van der Waals surface area (Å²) in [6.07, 6.45) is 9.33. The maximum absolute atomic E-state index is 5.68. The molecule has 1 nitrogen and oxygen atoms in total. The molecule has 1 heteroatoms. The molecular weight excluding hydrogens is 136 g/mol. The lowest BCUT2D eigenvalue weighted by atomic mass is 10.1. The normalized spacial score (nSPS) is 26.5. The molecule has 1 atom stereocenters. The van der Waals surface area contributed by atoms with Gasteiger partial charge in [-0.25, -0.2) is 0 Å². The highest BCUT2D eigenvalue weighted by Gasteiger charge is 2.10. The third kappa shape index (κ3) is 3.76. The molecule has 1 saturated heterocycles. The first-order valence-corrected chi connectivity index (χ1v) is 4.84. The Morgan fingerprint density at radius 1 is 1.27 bits per heavy atom. The van der Waals surface area contributed by atoms with Crippen molar-refractivity contribution >= 4 is 0 Å². The average molecular weight is 155 g/mol. The molecule has 1 aliphatic rings. The van der Waals surface area contributed by atoms with Gasteiger partial charge in [0.15, 0.2) is 0 Å². The van der Waals surface area contributed by atoms with Crippen molar-refractivity contribution < 1.29 is 4.74 Å². The number of hydrogen-bond donors (Lipinski definition) is 0. The predicted molar refractivity (Wildman–Crippen MR) is 47.4 cm³/mol. The van der Waals surface area contributed by atoms with Gasteiger partial charge in [-0.1, -0.05) is 32.6 Å². The Hall–Kier alpha value is -0.0400. The minimum atomic E-state index is 0.555. The first kappa shape index (κ1) is 9.05. The maximum atomic E-state index is 5.68. The molecule has 1 unspecified atom stereocenters. The largest absolute Gasteiger partial charge is 0.378 e. The number of rotatable bonds is 3. The summed E-state index contributed by atoms with van der Waals surface area (Å²) in [5.74, 6) is 0. The molecule has 1 fully saturated rings. The summed E-state index contributed by atoms with van der Waals surface area (Å²) in [6, 6.07) is 0. The zero-order valence-electron chi connectivity index (χ0n) is 7.35. The summed E-state index contributed by atoms with van der Waals surface area (Å²) in [5, 5.41) is 0. The van der Waals surface area contributed by atoms with E-state index in [9.17, 15) is 0 Å². The molecule has 0 amide bonds. The van der Waals surface area contributed by atoms with Gasteiger partial charge < -0.3 is 4.74 Å². The molecule has 65 valence electrons. The Balaban J connectivity index is 2.09. The third-order valence-corrected chi connectivity index (χ3v) is 2.30. The number of unbranched alkanes of at least 4 members (excludes halogenated alkanes) is 1. The van der Waals surface area contributed by atoms with Crippen LogP contribution in [0.15, 0.2) is 0 Å². The van der Waals surface area contributed by atoms with Crippen molar-refractivity contribution in [3.8, 4) is 0 Å². The molecule has 1 heterocycles. The van der Waals surface area contributed by atoms with E-state index in [0.29, 0.717) is 6.10 Å². The van der Waals surface area contributed by atoms with Gasteiger partial charge in [0.1, 0.15) is 0 Å². The summed E-state index contributed by atoms with van der Waals surface area (Å²) >= 11 is 0. The Morgan fingerprint density at radius 3 is 3.00 bits per heavy atom. The molecule has 1 radical (unpaired) electrons. The summed E-state index contributed by atoms with van der Waals surface area (Å²) in [7, 11) is 0. The van der Waals surface area contributed by atoms with E-state index in [1.807, 2.05) is 0 Å². The van der Waals surface area contributed by atoms with Crippen molar-refractivity contribution in [1.82, 2.24) is 0 Å². The lowest BCUT2D eigenvalue weighted by molar-refractivity contribution is 0.0517. The van der Waals surface area contributed by atoms with Crippen LogP contribution in [0.2, 0.25) is 0 Å². The summed E-state index contributed by atoms with van der Waals surface area (Å²) in [6.45, 7) is 4.83. The van der Waals surface area contributed by atoms with Crippen molar-refractivity contribution in [2.45, 2.75) is 51.0 Å². The second-order valence-corrected chi connectivity index (χ2v) is 3.34. The van der Waals surface area contributed by atoms with E-state index < -0.39 is 0 Å². The van der Waals surface area contributed by atoms with Crippen molar-refractivity contribution in [2.24, 2.45) is 0 Å². The second kappa shape index (κ2) is 5.59. The Kier molecular flexibility index (Phi) is 4.60. The predicted octanol–water partition coefficient (Wildman–Crippen LogP) is 2.95. The quantitative estimate of drug-likeness (QED) is 0.609. The van der Waals surface area contributed by atoms with E-state index in [4.69, 9.17) is 4.74 Å². The second-order valence-electron chi connectivity index (χ2n) is 3.34. The van der Waals surface area contributed by atoms with Crippen LogP contribution in [0.4, 0.5) is 0 Å². The van der Waals surface area contributed by atoms with Gasteiger partial charge in [-0.15, -0.1) is 0 Å². The Labute approximate surface area is 70.1 Å². The van der Waals surface area contributed by atoms with Crippen molar-refractivity contribution in [3.05, 3.63) is 6.92 Å². The Bertz CT molecular complexity index is 82.9. The number of ether oxygens (including phenoxy) is 1. The highest BCUT2D eigenvalue weighted by Crippen LogP contribution is 2.17. The minimum Gasteiger partial charge on any atom is -0.378 e. The zero-order chi connectivity index (χ0) is 7.94. The van der Waals surface area contributed by atoms with E-state index in [1.54, 1.807) is 0 Å². The minimum absolute atomic E-state index is 0.555. The molecule has 1 aliphatic heterocycles. The summed E-state index contributed by atoms with van der Waals surface area (Å²) in [4.78, 5) is 0. The van der Waals surface area contributed by atoms with Crippen LogP contribution in [-0.2, 0) is 4.74 Å². The molecule has 1 rings (SSSR count). The van der Waals surface area contributed by atoms with Crippen LogP contribution in [0.1, 0.15) is 44.9 Å². The lowest BCUT2D eigenvalue weighted by Crippen LogP contribution is -2.10. The van der Waals surface area contributed by atoms with Crippen molar-refractivity contribution in [2.75, 3.05) is 6.61 Å². The molecular formula is C10H19O. The van der Waals surface area contributed by atoms with Crippen LogP contribution in [0.25, 0.3) is 0 Å². The van der Waals surface area contributed by atoms with E-state index in [-0.39, 0.29) is 0 Å². The molecule has 0 N–H and O–H groups in total. The molecule has 0 saturated carbocycles. The monoisotopic (exact) mass is 155 g/mol. The highest BCUT2D eigenvalue weighted by molar-refractivity contribution is 4.62. The van der Waals surface area contributed by atoms with E-state index >= 15 is 0 Å². The van der Waals surface area contributed by atoms with Crippen LogP contribution >= 0.6 is 0 Å². The SMILES string of the molecule is [CH2]CCCC1CCCCCO1. The first-order valence-electron chi connectivity index (χ1n) is 4.84. The smallest absolute Gasteiger partial charge is 0.0575 e. The van der Waals surface area contributed by atoms with Gasteiger partial charge in [-0.05, 0) is 19.3 Å². The summed E-state index contributed by atoms with van der Waals surface area (Å²) < 4.78 is 5.68. The highest BCUT2D eigenvalue weighted by atomic mass is 16.5. The van der Waals surface area contributed by atoms with Gasteiger partial charge in [-0.3, -0.25) is 0 Å². The van der Waals surface area contributed by atoms with Crippen molar-refractivity contribution in [1.29, 1.82) is 0 Å². The fourth-order valence-electron chi connectivity index (χ4n) is 1.58. The molecule has 0 aliphatic carbocycles. The van der Waals surface area contributed by atoms with Gasteiger partial charge in [0.2, 0.25) is 0 Å². The average Bonchev–Trinajstić information content (AvgIpc) is 2.28. The van der Waals surface area contributed by atoms with Gasteiger partial charge in [0.25, 0.3) is 0 Å². The molecule has 0 aromatic carbocycles. The van der Waals surface area contributed by atoms with Crippen LogP contribution in [0.3, 0.4) is 0 Å². The molecule has 0 bridgehead atoms. The molecule has 0 spiro atoms. The maximum Gasteiger partial charge on any atom is 0.0575 e. The van der Waals surface area contributed by atoms with Gasteiger partial charge >= 0.3 is 0 Å². The van der Waals surface area contributed by atoms with E-state index in [2.05, 4.69) is 6.92 Å². The topological polar surface area (TPSA) is 9.23 Å². The Morgan fingerprint density at radius 2 is 2.18 bits per heavy atom. The van der Waals surface area contributed by atoms with Gasteiger partial charge in [-0.2, -0.15) is 0 Å².